The summed E-state index contributed by atoms with van der Waals surface area (Å²) in [6.45, 7) is 3.63. The summed E-state index contributed by atoms with van der Waals surface area (Å²) in [5.74, 6) is -3.12. The van der Waals surface area contributed by atoms with E-state index in [1.807, 2.05) is 0 Å². The number of fused-ring (bicyclic) bond motifs is 1. The summed E-state index contributed by atoms with van der Waals surface area (Å²) in [5.41, 5.74) is 3.15. The van der Waals surface area contributed by atoms with Crippen molar-refractivity contribution in [1.29, 1.82) is 0 Å². The van der Waals surface area contributed by atoms with Crippen molar-refractivity contribution in [2.75, 3.05) is 7.11 Å². The fourth-order valence-corrected chi connectivity index (χ4v) is 3.95. The molecule has 9 nitrogen and oxygen atoms in total. The molecular formula is C27H28FNO8. The van der Waals surface area contributed by atoms with Crippen molar-refractivity contribution in [3.8, 4) is 11.5 Å². The van der Waals surface area contributed by atoms with Crippen LogP contribution in [0.3, 0.4) is 0 Å². The number of carboxylic acid groups (broad SMARTS) is 1. The minimum Gasteiger partial charge on any atom is -0.496 e. The highest BCUT2D eigenvalue weighted by atomic mass is 19.1. The first-order chi connectivity index (χ1) is 17.6. The molecule has 0 unspecified atom stereocenters. The molecule has 0 saturated carbocycles. The van der Waals surface area contributed by atoms with Gasteiger partial charge in [-0.1, -0.05) is 23.8 Å². The van der Waals surface area contributed by atoms with Gasteiger partial charge < -0.3 is 24.6 Å². The molecule has 0 saturated heterocycles. The van der Waals surface area contributed by atoms with Crippen LogP contribution in [0.25, 0.3) is 0 Å². The highest BCUT2D eigenvalue weighted by Crippen LogP contribution is 2.43. The molecule has 0 radical (unpaired) electrons. The van der Waals surface area contributed by atoms with Crippen LogP contribution in [0.4, 0.5) is 4.39 Å². The summed E-state index contributed by atoms with van der Waals surface area (Å²) in [5, 5.41) is 11.5. The Kier molecular flexibility index (Phi) is 9.00. The molecule has 2 N–H and O–H groups in total. The average Bonchev–Trinajstić information content (AvgIpc) is 3.24. The number of carboxylic acids is 1. The molecule has 196 valence electrons. The number of ether oxygens (including phenoxy) is 3. The Balaban J connectivity index is 1.83. The minimum absolute atomic E-state index is 0.00712. The number of amides is 1. The van der Waals surface area contributed by atoms with E-state index in [2.05, 4.69) is 5.32 Å². The normalized spacial score (nSPS) is 12.5. The molecule has 0 atom stereocenters. The average molecular weight is 514 g/mol. The monoisotopic (exact) mass is 513 g/mol. The van der Waals surface area contributed by atoms with E-state index < -0.39 is 36.1 Å². The second-order valence-corrected chi connectivity index (χ2v) is 8.60. The van der Waals surface area contributed by atoms with Gasteiger partial charge in [0.1, 0.15) is 30.2 Å². The van der Waals surface area contributed by atoms with Crippen LogP contribution in [0.15, 0.2) is 35.9 Å². The number of benzene rings is 2. The number of rotatable bonds is 11. The fraction of sp³-hybridized carbons (Fsp3) is 0.333. The summed E-state index contributed by atoms with van der Waals surface area (Å²) >= 11 is 0. The van der Waals surface area contributed by atoms with Crippen molar-refractivity contribution in [3.05, 3.63) is 69.5 Å². The lowest BCUT2D eigenvalue weighted by Gasteiger charge is -2.18. The van der Waals surface area contributed by atoms with Gasteiger partial charge in [-0.3, -0.25) is 14.4 Å². The Morgan fingerprint density at radius 3 is 2.51 bits per heavy atom. The van der Waals surface area contributed by atoms with Crippen LogP contribution in [0, 0.1) is 12.7 Å². The number of methoxy groups -OCH3 is 1. The second kappa shape index (κ2) is 12.2. The Morgan fingerprint density at radius 2 is 1.86 bits per heavy atom. The van der Waals surface area contributed by atoms with Crippen molar-refractivity contribution in [2.45, 2.75) is 52.7 Å². The second-order valence-electron chi connectivity index (χ2n) is 8.60. The maximum Gasteiger partial charge on any atom is 0.342 e. The van der Waals surface area contributed by atoms with Gasteiger partial charge in [-0.25, -0.2) is 9.18 Å². The molecule has 37 heavy (non-hydrogen) atoms. The first-order valence-corrected chi connectivity index (χ1v) is 11.6. The highest BCUT2D eigenvalue weighted by Gasteiger charge is 2.34. The lowest BCUT2D eigenvalue weighted by atomic mass is 9.94. The molecule has 2 aromatic rings. The zero-order valence-corrected chi connectivity index (χ0v) is 20.8. The number of carbonyl (C=O) groups excluding carboxylic acids is 3. The van der Waals surface area contributed by atoms with Crippen LogP contribution in [-0.2, 0) is 38.7 Å². The van der Waals surface area contributed by atoms with Crippen molar-refractivity contribution < 1.29 is 42.9 Å². The molecule has 3 rings (SSSR count). The molecule has 0 spiro atoms. The van der Waals surface area contributed by atoms with Gasteiger partial charge in [0, 0.05) is 24.1 Å². The van der Waals surface area contributed by atoms with E-state index in [0.29, 0.717) is 34.4 Å². The Hall–Kier alpha value is -4.21. The van der Waals surface area contributed by atoms with Crippen molar-refractivity contribution in [1.82, 2.24) is 5.32 Å². The molecule has 1 heterocycles. The van der Waals surface area contributed by atoms with E-state index in [4.69, 9.17) is 19.3 Å². The van der Waals surface area contributed by atoms with Gasteiger partial charge in [0.2, 0.25) is 5.91 Å². The number of carbonyl (C=O) groups is 4. The quantitative estimate of drug-likeness (QED) is 0.201. The zero-order chi connectivity index (χ0) is 27.1. The number of aliphatic carboxylic acids is 1. The largest absolute Gasteiger partial charge is 0.496 e. The van der Waals surface area contributed by atoms with Crippen LogP contribution in [0.2, 0.25) is 0 Å². The lowest BCUT2D eigenvalue weighted by Crippen LogP contribution is -2.27. The zero-order valence-electron chi connectivity index (χ0n) is 20.8. The van der Waals surface area contributed by atoms with E-state index in [1.165, 1.54) is 31.4 Å². The van der Waals surface area contributed by atoms with Gasteiger partial charge in [0.25, 0.3) is 0 Å². The number of allylic oxidation sites excluding steroid dienone is 2. The van der Waals surface area contributed by atoms with Gasteiger partial charge in [-0.05, 0) is 49.9 Å². The molecule has 0 aliphatic carbocycles. The third kappa shape index (κ3) is 6.93. The maximum absolute atomic E-state index is 13.1. The van der Waals surface area contributed by atoms with Gasteiger partial charge in [0.15, 0.2) is 5.75 Å². The minimum atomic E-state index is -0.922. The first-order valence-electron chi connectivity index (χ1n) is 11.6. The van der Waals surface area contributed by atoms with Crippen LogP contribution < -0.4 is 14.8 Å². The van der Waals surface area contributed by atoms with Crippen molar-refractivity contribution >= 4 is 23.8 Å². The first kappa shape index (κ1) is 27.4. The lowest BCUT2D eigenvalue weighted by molar-refractivity contribution is -0.139. The molecule has 1 amide bonds. The van der Waals surface area contributed by atoms with Crippen LogP contribution in [-0.4, -0.2) is 36.0 Å². The van der Waals surface area contributed by atoms with Gasteiger partial charge in [-0.2, -0.15) is 0 Å². The van der Waals surface area contributed by atoms with E-state index in [9.17, 15) is 23.6 Å². The summed E-state index contributed by atoms with van der Waals surface area (Å²) < 4.78 is 29.4. The van der Waals surface area contributed by atoms with Crippen LogP contribution in [0.5, 0.6) is 11.5 Å². The molecule has 1 aliphatic heterocycles. The topological polar surface area (TPSA) is 128 Å². The molecule has 0 aromatic heterocycles. The molecule has 0 bridgehead atoms. The number of nitrogens with one attached hydrogen (secondary N) is 1. The predicted octanol–water partition coefficient (Wildman–Crippen LogP) is 3.78. The Labute approximate surface area is 213 Å². The predicted molar refractivity (Wildman–Crippen MR) is 130 cm³/mol. The highest BCUT2D eigenvalue weighted by molar-refractivity contribution is 6.00. The molecule has 2 aromatic carbocycles. The molecular weight excluding hydrogens is 485 g/mol. The number of hydrogen-bond acceptors (Lipinski definition) is 7. The smallest absolute Gasteiger partial charge is 0.342 e. The Bertz CT molecular complexity index is 1250. The van der Waals surface area contributed by atoms with Crippen LogP contribution in [0.1, 0.15) is 58.8 Å². The summed E-state index contributed by atoms with van der Waals surface area (Å²) in [6, 6.07) is 5.55. The van der Waals surface area contributed by atoms with E-state index in [-0.39, 0.29) is 37.3 Å². The standard InChI is InChI=1S/C27H28FNO8/c1-15(5-11-22(31)32)4-10-19-25(35-3)16(2)20-14-36-27(34)24(20)26(19)37-23(33)12-21(30)29-13-17-6-8-18(28)9-7-17/h4,6-9H,5,10-14H2,1-3H3,(H,29,30)(H,31,32)/b15-4+. The van der Waals surface area contributed by atoms with Gasteiger partial charge >= 0.3 is 17.9 Å². The van der Waals surface area contributed by atoms with E-state index in [0.717, 1.165) is 5.57 Å². The van der Waals surface area contributed by atoms with Crippen molar-refractivity contribution in [2.24, 2.45) is 0 Å². The third-order valence-corrected chi connectivity index (χ3v) is 5.94. The molecule has 1 aliphatic rings. The number of cyclic esters (lactones) is 1. The molecule has 10 heteroatoms. The summed E-state index contributed by atoms with van der Waals surface area (Å²) in [6.07, 6.45) is 1.64. The molecule has 0 fully saturated rings. The number of hydrogen-bond donors (Lipinski definition) is 2. The van der Waals surface area contributed by atoms with Crippen molar-refractivity contribution in [3.63, 3.8) is 0 Å². The number of esters is 2. The van der Waals surface area contributed by atoms with Gasteiger partial charge in [0.05, 0.1) is 7.11 Å². The fourth-order valence-electron chi connectivity index (χ4n) is 3.95. The number of halogens is 1. The Morgan fingerprint density at radius 1 is 1.16 bits per heavy atom. The van der Waals surface area contributed by atoms with E-state index in [1.54, 1.807) is 19.9 Å². The summed E-state index contributed by atoms with van der Waals surface area (Å²) in [4.78, 5) is 48.5. The summed E-state index contributed by atoms with van der Waals surface area (Å²) in [7, 11) is 1.45. The maximum atomic E-state index is 13.1. The SMILES string of the molecule is COc1c(C)c2c(c(OC(=O)CC(=O)NCc3ccc(F)cc3)c1C/C=C(\C)CCC(=O)O)C(=O)OC2. The van der Waals surface area contributed by atoms with Crippen LogP contribution >= 0.6 is 0 Å². The third-order valence-electron chi connectivity index (χ3n) is 5.94. The van der Waals surface area contributed by atoms with Gasteiger partial charge in [-0.15, -0.1) is 0 Å². The van der Waals surface area contributed by atoms with E-state index >= 15 is 0 Å².